The van der Waals surface area contributed by atoms with E-state index in [2.05, 4.69) is 14.9 Å². The molecular weight excluding hydrogens is 426 g/mol. The van der Waals surface area contributed by atoms with E-state index in [0.29, 0.717) is 39.8 Å². The second-order valence-corrected chi connectivity index (χ2v) is 8.50. The van der Waals surface area contributed by atoms with Crippen molar-refractivity contribution in [3.8, 4) is 11.5 Å². The number of benzene rings is 2. The molecule has 0 aliphatic heterocycles. The first-order valence-electron chi connectivity index (χ1n) is 10.2. The van der Waals surface area contributed by atoms with Crippen LogP contribution in [-0.2, 0) is 0 Å². The predicted octanol–water partition coefficient (Wildman–Crippen LogP) is 3.86. The number of fused-ring (bicyclic) bond motifs is 2. The van der Waals surface area contributed by atoms with Crippen LogP contribution in [0.2, 0.25) is 0 Å². The van der Waals surface area contributed by atoms with Crippen molar-refractivity contribution in [3.63, 3.8) is 0 Å². The number of carbonyl (C=O) groups is 1. The zero-order chi connectivity index (χ0) is 22.7. The van der Waals surface area contributed by atoms with Crippen molar-refractivity contribution in [1.29, 1.82) is 0 Å². The molecule has 2 aromatic heterocycles. The van der Waals surface area contributed by atoms with E-state index < -0.39 is 0 Å². The van der Waals surface area contributed by atoms with E-state index >= 15 is 0 Å². The molecule has 0 saturated heterocycles. The molecule has 0 bridgehead atoms. The summed E-state index contributed by atoms with van der Waals surface area (Å²) in [6.07, 6.45) is 4.06. The van der Waals surface area contributed by atoms with E-state index in [9.17, 15) is 4.79 Å². The van der Waals surface area contributed by atoms with Gasteiger partial charge in [0, 0.05) is 24.5 Å². The maximum atomic E-state index is 13.6. The number of anilines is 1. The van der Waals surface area contributed by atoms with Crippen molar-refractivity contribution in [1.82, 2.24) is 19.9 Å². The van der Waals surface area contributed by atoms with Crippen LogP contribution in [0.1, 0.15) is 16.8 Å². The van der Waals surface area contributed by atoms with E-state index in [0.717, 1.165) is 23.2 Å². The zero-order valence-electron chi connectivity index (χ0n) is 18.5. The molecule has 2 aromatic carbocycles. The fraction of sp³-hybridized carbons (Fsp3) is 0.304. The molecular formula is C23H25N5O3S. The number of aromatic nitrogens is 3. The third kappa shape index (κ3) is 4.35. The highest BCUT2D eigenvalue weighted by Gasteiger charge is 2.24. The molecule has 0 atom stereocenters. The Bertz CT molecular complexity index is 1220. The molecule has 0 fully saturated rings. The third-order valence-corrected chi connectivity index (χ3v) is 6.17. The maximum Gasteiger partial charge on any atom is 0.260 e. The van der Waals surface area contributed by atoms with Gasteiger partial charge >= 0.3 is 0 Å². The number of methoxy groups -OCH3 is 2. The molecule has 9 heteroatoms. The van der Waals surface area contributed by atoms with Gasteiger partial charge in [0.15, 0.2) is 5.13 Å². The van der Waals surface area contributed by atoms with Crippen molar-refractivity contribution < 1.29 is 14.3 Å². The number of thiazole rings is 1. The van der Waals surface area contributed by atoms with Crippen LogP contribution in [0, 0.1) is 0 Å². The van der Waals surface area contributed by atoms with E-state index in [1.165, 1.54) is 11.3 Å². The van der Waals surface area contributed by atoms with Gasteiger partial charge in [0.05, 0.1) is 25.3 Å². The highest BCUT2D eigenvalue weighted by Crippen LogP contribution is 2.40. The number of rotatable bonds is 8. The van der Waals surface area contributed by atoms with Gasteiger partial charge in [0.25, 0.3) is 5.91 Å². The fourth-order valence-electron chi connectivity index (χ4n) is 3.47. The molecule has 0 saturated carbocycles. The first kappa shape index (κ1) is 21.9. The Balaban J connectivity index is 1.76. The van der Waals surface area contributed by atoms with Gasteiger partial charge in [-0.05, 0) is 57.4 Å². The minimum Gasteiger partial charge on any atom is -0.495 e. The van der Waals surface area contributed by atoms with Gasteiger partial charge in [-0.25, -0.2) is 4.98 Å². The summed E-state index contributed by atoms with van der Waals surface area (Å²) in [4.78, 5) is 30.8. The lowest BCUT2D eigenvalue weighted by atomic mass is 10.1. The molecule has 0 spiro atoms. The topological polar surface area (TPSA) is 80.7 Å². The van der Waals surface area contributed by atoms with Crippen molar-refractivity contribution in [2.45, 2.75) is 6.42 Å². The Morgan fingerprint density at radius 2 is 1.69 bits per heavy atom. The first-order valence-corrected chi connectivity index (χ1v) is 11.0. The first-order chi connectivity index (χ1) is 15.5. The van der Waals surface area contributed by atoms with Gasteiger partial charge < -0.3 is 14.4 Å². The summed E-state index contributed by atoms with van der Waals surface area (Å²) in [5, 5.41) is 0.603. The zero-order valence-corrected chi connectivity index (χ0v) is 19.3. The number of hydrogen-bond donors (Lipinski definition) is 0. The quantitative estimate of drug-likeness (QED) is 0.402. The van der Waals surface area contributed by atoms with E-state index in [1.807, 2.05) is 32.3 Å². The van der Waals surface area contributed by atoms with Gasteiger partial charge in [-0.2, -0.15) is 0 Å². The molecule has 4 aromatic rings. The largest absolute Gasteiger partial charge is 0.495 e. The van der Waals surface area contributed by atoms with Crippen LogP contribution in [0.25, 0.3) is 21.3 Å². The van der Waals surface area contributed by atoms with Gasteiger partial charge in [-0.3, -0.25) is 19.7 Å². The summed E-state index contributed by atoms with van der Waals surface area (Å²) < 4.78 is 11.8. The molecule has 0 radical (unpaired) electrons. The van der Waals surface area contributed by atoms with Crippen LogP contribution >= 0.6 is 11.3 Å². The number of amides is 1. The van der Waals surface area contributed by atoms with Crippen LogP contribution in [-0.4, -0.2) is 67.2 Å². The fourth-order valence-corrected chi connectivity index (χ4v) is 4.57. The van der Waals surface area contributed by atoms with Crippen molar-refractivity contribution in [2.24, 2.45) is 0 Å². The summed E-state index contributed by atoms with van der Waals surface area (Å²) in [6.45, 7) is 1.38. The lowest BCUT2D eigenvalue weighted by Gasteiger charge is -2.21. The summed E-state index contributed by atoms with van der Waals surface area (Å²) in [5.74, 6) is 1.21. The smallest absolute Gasteiger partial charge is 0.260 e. The highest BCUT2D eigenvalue weighted by atomic mass is 32.1. The molecule has 8 nitrogen and oxygen atoms in total. The minimum atomic E-state index is -0.131. The van der Waals surface area contributed by atoms with Gasteiger partial charge in [-0.1, -0.05) is 11.3 Å². The summed E-state index contributed by atoms with van der Waals surface area (Å²) >= 11 is 1.42. The Morgan fingerprint density at radius 1 is 0.969 bits per heavy atom. The number of carbonyl (C=O) groups excluding carboxylic acids is 1. The molecule has 4 rings (SSSR count). The van der Waals surface area contributed by atoms with Crippen LogP contribution in [0.15, 0.2) is 42.7 Å². The number of hydrogen-bond acceptors (Lipinski definition) is 8. The summed E-state index contributed by atoms with van der Waals surface area (Å²) in [6, 6.07) is 9.05. The van der Waals surface area contributed by atoms with Crippen molar-refractivity contribution in [2.75, 3.05) is 46.3 Å². The Kier molecular flexibility index (Phi) is 6.48. The summed E-state index contributed by atoms with van der Waals surface area (Å²) in [7, 11) is 7.26. The highest BCUT2D eigenvalue weighted by molar-refractivity contribution is 7.22. The second-order valence-electron chi connectivity index (χ2n) is 7.52. The lowest BCUT2D eigenvalue weighted by molar-refractivity contribution is 0.0986. The molecule has 2 heterocycles. The monoisotopic (exact) mass is 451 g/mol. The Morgan fingerprint density at radius 3 is 2.41 bits per heavy atom. The number of ether oxygens (including phenoxy) is 2. The average Bonchev–Trinajstić information content (AvgIpc) is 3.25. The molecule has 0 aliphatic carbocycles. The molecule has 0 aliphatic rings. The minimum absolute atomic E-state index is 0.131. The van der Waals surface area contributed by atoms with E-state index in [4.69, 9.17) is 14.5 Å². The Labute approximate surface area is 190 Å². The Hall–Kier alpha value is -3.30. The van der Waals surface area contributed by atoms with Crippen LogP contribution < -0.4 is 14.4 Å². The van der Waals surface area contributed by atoms with Crippen molar-refractivity contribution >= 4 is 43.6 Å². The molecule has 1 amide bonds. The molecule has 32 heavy (non-hydrogen) atoms. The molecule has 0 N–H and O–H groups in total. The normalized spacial score (nSPS) is 11.3. The molecule has 0 unspecified atom stereocenters. The average molecular weight is 452 g/mol. The lowest BCUT2D eigenvalue weighted by Crippen LogP contribution is -2.33. The van der Waals surface area contributed by atoms with Gasteiger partial charge in [0.2, 0.25) is 0 Å². The van der Waals surface area contributed by atoms with Crippen LogP contribution in [0.4, 0.5) is 5.13 Å². The maximum absolute atomic E-state index is 13.6. The van der Waals surface area contributed by atoms with E-state index in [-0.39, 0.29) is 5.91 Å². The van der Waals surface area contributed by atoms with Crippen LogP contribution in [0.5, 0.6) is 11.5 Å². The number of nitrogens with zero attached hydrogens (tertiary/aromatic N) is 5. The second kappa shape index (κ2) is 9.46. The van der Waals surface area contributed by atoms with Gasteiger partial charge in [-0.15, -0.1) is 0 Å². The summed E-state index contributed by atoms with van der Waals surface area (Å²) in [5.41, 5.74) is 2.65. The third-order valence-electron chi connectivity index (χ3n) is 5.08. The SMILES string of the molecule is COc1ccc(OC)c2sc(N(CCCN(C)C)C(=O)c3ccc4nccnc4c3)nc12. The molecule has 166 valence electrons. The predicted molar refractivity (Wildman–Crippen MR) is 127 cm³/mol. The van der Waals surface area contributed by atoms with Crippen molar-refractivity contribution in [3.05, 3.63) is 48.3 Å². The van der Waals surface area contributed by atoms with Crippen LogP contribution in [0.3, 0.4) is 0 Å². The van der Waals surface area contributed by atoms with Gasteiger partial charge in [0.1, 0.15) is 21.7 Å². The van der Waals surface area contributed by atoms with E-state index in [1.54, 1.807) is 43.6 Å². The standard InChI is InChI=1S/C23H25N5O3S/c1-27(2)12-5-13-28(22(29)15-6-7-16-17(14-15)25-11-10-24-16)23-26-20-18(30-3)8-9-19(31-4)21(20)32-23/h6-11,14H,5,12-13H2,1-4H3.